The van der Waals surface area contributed by atoms with Crippen LogP contribution in [0.15, 0.2) is 41.7 Å². The fourth-order valence-electron chi connectivity index (χ4n) is 6.29. The number of hydrogen-bond donors (Lipinski definition) is 2. The zero-order valence-corrected chi connectivity index (χ0v) is 25.6. The molecule has 2 aromatic heterocycles. The topological polar surface area (TPSA) is 127 Å². The van der Waals surface area contributed by atoms with Gasteiger partial charge in [-0.05, 0) is 87.3 Å². The third kappa shape index (κ3) is 6.09. The Morgan fingerprint density at radius 2 is 1.90 bits per heavy atom. The Balaban J connectivity index is 1.25. The van der Waals surface area contributed by atoms with Gasteiger partial charge in [-0.3, -0.25) is 0 Å². The van der Waals surface area contributed by atoms with E-state index in [1.165, 1.54) is 5.56 Å². The van der Waals surface area contributed by atoms with Crippen LogP contribution < -0.4 is 20.1 Å². The van der Waals surface area contributed by atoms with E-state index < -0.39 is 10.0 Å². The number of pyridine rings is 1. The number of nitrogens with two attached hydrogens (primary N) is 1. The van der Waals surface area contributed by atoms with Crippen LogP contribution in [0.1, 0.15) is 49.9 Å². The standard InChI is InChI=1S/C31H41N7O3S/c1-31(2)9-6-26-25(16-31)30(35-20-34-26)38-12-13-41-27-5-4-22(14-24(27)19-38)23-15-28(29(32)33-18-23)42(39,40)36-17-21-7-10-37(3)11-8-21/h4-5,14-15,18,20-21,36H,6-13,16-17,19H2,1-3H3,(H2,32,33). The molecular weight excluding hydrogens is 550 g/mol. The van der Waals surface area contributed by atoms with Crippen LogP contribution in [0.2, 0.25) is 0 Å². The zero-order chi connectivity index (χ0) is 29.5. The molecule has 1 aromatic carbocycles. The van der Waals surface area contributed by atoms with Crippen molar-refractivity contribution in [1.29, 1.82) is 0 Å². The summed E-state index contributed by atoms with van der Waals surface area (Å²) < 4.78 is 35.5. The van der Waals surface area contributed by atoms with Gasteiger partial charge in [-0.25, -0.2) is 28.1 Å². The zero-order valence-electron chi connectivity index (χ0n) is 24.8. The van der Waals surface area contributed by atoms with E-state index >= 15 is 0 Å². The molecule has 1 saturated heterocycles. The van der Waals surface area contributed by atoms with E-state index in [2.05, 4.69) is 51.5 Å². The summed E-state index contributed by atoms with van der Waals surface area (Å²) in [6, 6.07) is 7.58. The first-order valence-corrected chi connectivity index (χ1v) is 16.3. The van der Waals surface area contributed by atoms with E-state index in [4.69, 9.17) is 15.5 Å². The van der Waals surface area contributed by atoms with Gasteiger partial charge in [0.15, 0.2) is 0 Å². The number of likely N-dealkylation sites (tertiary alicyclic amines) is 1. The van der Waals surface area contributed by atoms with Crippen LogP contribution in [0.25, 0.3) is 11.1 Å². The van der Waals surface area contributed by atoms with Gasteiger partial charge in [0.1, 0.15) is 35.2 Å². The molecular formula is C31H41N7O3S. The SMILES string of the molecule is CN1CCC(CNS(=O)(=O)c2cc(-c3ccc4c(c3)CN(c3ncnc5c3CC(C)(C)CC5)CCO4)cnc2N)CC1. The first-order valence-electron chi connectivity index (χ1n) is 14.9. The number of sulfonamides is 1. The van der Waals surface area contributed by atoms with Crippen LogP contribution >= 0.6 is 0 Å². The number of ether oxygens (including phenoxy) is 1. The molecule has 3 N–H and O–H groups in total. The van der Waals surface area contributed by atoms with Gasteiger partial charge in [0.25, 0.3) is 0 Å². The van der Waals surface area contributed by atoms with Gasteiger partial charge in [0.05, 0.1) is 6.54 Å². The molecule has 0 radical (unpaired) electrons. The number of fused-ring (bicyclic) bond motifs is 2. The second-order valence-electron chi connectivity index (χ2n) is 12.8. The number of benzene rings is 1. The monoisotopic (exact) mass is 591 g/mol. The minimum atomic E-state index is -3.82. The molecule has 11 heteroatoms. The van der Waals surface area contributed by atoms with Crippen molar-refractivity contribution in [3.8, 4) is 16.9 Å². The van der Waals surface area contributed by atoms with Crippen molar-refractivity contribution in [3.63, 3.8) is 0 Å². The lowest BCUT2D eigenvalue weighted by Gasteiger charge is -2.33. The van der Waals surface area contributed by atoms with Crippen LogP contribution in [0.4, 0.5) is 11.6 Å². The second-order valence-corrected chi connectivity index (χ2v) is 14.5. The number of nitrogens with one attached hydrogen (secondary N) is 1. The molecule has 2 aliphatic heterocycles. The fourth-order valence-corrected chi connectivity index (χ4v) is 7.51. The Hall–Kier alpha value is -3.28. The van der Waals surface area contributed by atoms with E-state index in [1.54, 1.807) is 18.6 Å². The second kappa shape index (κ2) is 11.4. The molecule has 1 fully saturated rings. The lowest BCUT2D eigenvalue weighted by Crippen LogP contribution is -2.37. The lowest BCUT2D eigenvalue weighted by atomic mass is 9.76. The van der Waals surface area contributed by atoms with Crippen molar-refractivity contribution >= 4 is 21.7 Å². The van der Waals surface area contributed by atoms with Crippen molar-refractivity contribution in [3.05, 3.63) is 53.6 Å². The maximum atomic E-state index is 13.3. The van der Waals surface area contributed by atoms with Crippen LogP contribution in [-0.2, 0) is 29.4 Å². The molecule has 1 aliphatic carbocycles. The number of hydrogen-bond acceptors (Lipinski definition) is 9. The van der Waals surface area contributed by atoms with Crippen molar-refractivity contribution in [2.75, 3.05) is 50.5 Å². The molecule has 0 bridgehead atoms. The highest BCUT2D eigenvalue weighted by atomic mass is 32.2. The van der Waals surface area contributed by atoms with Crippen LogP contribution in [-0.4, -0.2) is 68.1 Å². The number of aromatic nitrogens is 3. The number of aryl methyl sites for hydroxylation is 1. The van der Waals surface area contributed by atoms with Crippen molar-refractivity contribution in [2.45, 2.75) is 57.4 Å². The van der Waals surface area contributed by atoms with Crippen LogP contribution in [0, 0.1) is 11.3 Å². The smallest absolute Gasteiger partial charge is 0.244 e. The van der Waals surface area contributed by atoms with Gasteiger partial charge in [-0.1, -0.05) is 19.9 Å². The molecule has 3 aliphatic rings. The number of nitrogens with zero attached hydrogens (tertiary/aromatic N) is 5. The lowest BCUT2D eigenvalue weighted by molar-refractivity contribution is 0.220. The van der Waals surface area contributed by atoms with Gasteiger partial charge < -0.3 is 20.3 Å². The molecule has 0 saturated carbocycles. The van der Waals surface area contributed by atoms with Crippen LogP contribution in [0.5, 0.6) is 5.75 Å². The molecule has 6 rings (SSSR count). The number of rotatable bonds is 6. The quantitative estimate of drug-likeness (QED) is 0.442. The van der Waals surface area contributed by atoms with Crippen molar-refractivity contribution < 1.29 is 13.2 Å². The Morgan fingerprint density at radius 1 is 1.10 bits per heavy atom. The Labute approximate surface area is 248 Å². The van der Waals surface area contributed by atoms with E-state index in [0.29, 0.717) is 37.7 Å². The third-order valence-corrected chi connectivity index (χ3v) is 10.4. The molecule has 0 atom stereocenters. The molecule has 4 heterocycles. The maximum absolute atomic E-state index is 13.3. The average Bonchev–Trinajstić information content (AvgIpc) is 3.18. The van der Waals surface area contributed by atoms with Gasteiger partial charge in [0.2, 0.25) is 10.0 Å². The summed E-state index contributed by atoms with van der Waals surface area (Å²) in [4.78, 5) is 18.2. The molecule has 10 nitrogen and oxygen atoms in total. The van der Waals surface area contributed by atoms with Gasteiger partial charge in [0, 0.05) is 41.7 Å². The molecule has 0 unspecified atom stereocenters. The number of nitrogen functional groups attached to an aromatic ring is 1. The summed E-state index contributed by atoms with van der Waals surface area (Å²) in [5.74, 6) is 2.11. The largest absolute Gasteiger partial charge is 0.491 e. The summed E-state index contributed by atoms with van der Waals surface area (Å²) in [5.41, 5.74) is 11.2. The highest BCUT2D eigenvalue weighted by Gasteiger charge is 2.31. The summed E-state index contributed by atoms with van der Waals surface area (Å²) in [7, 11) is -1.73. The summed E-state index contributed by atoms with van der Waals surface area (Å²) in [5, 5.41) is 0. The summed E-state index contributed by atoms with van der Waals surface area (Å²) >= 11 is 0. The van der Waals surface area contributed by atoms with Gasteiger partial charge in [-0.2, -0.15) is 0 Å². The third-order valence-electron chi connectivity index (χ3n) is 8.95. The predicted octanol–water partition coefficient (Wildman–Crippen LogP) is 3.65. The normalized spacial score (nSPS) is 19.5. The van der Waals surface area contributed by atoms with E-state index in [-0.39, 0.29) is 16.1 Å². The van der Waals surface area contributed by atoms with E-state index in [1.807, 2.05) is 12.1 Å². The fraction of sp³-hybridized carbons (Fsp3) is 0.516. The molecule has 224 valence electrons. The van der Waals surface area contributed by atoms with E-state index in [0.717, 1.165) is 73.6 Å². The highest BCUT2D eigenvalue weighted by Crippen LogP contribution is 2.39. The van der Waals surface area contributed by atoms with Crippen molar-refractivity contribution in [2.24, 2.45) is 11.3 Å². The number of piperidine rings is 1. The highest BCUT2D eigenvalue weighted by molar-refractivity contribution is 7.89. The molecule has 42 heavy (non-hydrogen) atoms. The number of anilines is 2. The van der Waals surface area contributed by atoms with Gasteiger partial charge >= 0.3 is 0 Å². The first-order chi connectivity index (χ1) is 20.1. The van der Waals surface area contributed by atoms with Gasteiger partial charge in [-0.15, -0.1) is 0 Å². The summed E-state index contributed by atoms with van der Waals surface area (Å²) in [6.07, 6.45) is 8.28. The average molecular weight is 592 g/mol. The van der Waals surface area contributed by atoms with E-state index in [9.17, 15) is 8.42 Å². The van der Waals surface area contributed by atoms with Crippen molar-refractivity contribution in [1.82, 2.24) is 24.6 Å². The minimum absolute atomic E-state index is 0.00430. The minimum Gasteiger partial charge on any atom is -0.491 e. The van der Waals surface area contributed by atoms with Crippen LogP contribution in [0.3, 0.4) is 0 Å². The molecule has 0 spiro atoms. The Morgan fingerprint density at radius 3 is 2.71 bits per heavy atom. The maximum Gasteiger partial charge on any atom is 0.244 e. The molecule has 3 aromatic rings. The first kappa shape index (κ1) is 28.8. The summed E-state index contributed by atoms with van der Waals surface area (Å²) in [6.45, 7) is 8.84. The molecule has 0 amide bonds. The Kier molecular flexibility index (Phi) is 7.84. The Bertz CT molecular complexity index is 1570. The predicted molar refractivity (Wildman–Crippen MR) is 164 cm³/mol.